The van der Waals surface area contributed by atoms with Crippen molar-refractivity contribution in [1.29, 1.82) is 0 Å². The zero-order valence-electron chi connectivity index (χ0n) is 11.3. The number of rotatable bonds is 7. The molecule has 1 amide bonds. The van der Waals surface area contributed by atoms with Gasteiger partial charge < -0.3 is 19.9 Å². The maximum atomic E-state index is 11.9. The van der Waals surface area contributed by atoms with Crippen LogP contribution in [0.25, 0.3) is 0 Å². The van der Waals surface area contributed by atoms with Gasteiger partial charge in [-0.25, -0.2) is 9.48 Å². The Kier molecular flexibility index (Phi) is 5.58. The topological polar surface area (TPSA) is 128 Å². The Bertz CT molecular complexity index is 466. The fourth-order valence-corrected chi connectivity index (χ4v) is 2.01. The third-order valence-electron chi connectivity index (χ3n) is 3.02. The Morgan fingerprint density at radius 3 is 3.10 bits per heavy atom. The first-order valence-electron chi connectivity index (χ1n) is 6.56. The van der Waals surface area contributed by atoms with E-state index < -0.39 is 5.97 Å². The summed E-state index contributed by atoms with van der Waals surface area (Å²) in [5.41, 5.74) is 0. The molecule has 2 atom stereocenters. The van der Waals surface area contributed by atoms with E-state index in [1.807, 2.05) is 0 Å². The molecule has 1 aromatic rings. The fraction of sp³-hybridized carbons (Fsp3) is 0.727. The second-order valence-electron chi connectivity index (χ2n) is 4.60. The molecule has 0 saturated carbocycles. The predicted octanol–water partition coefficient (Wildman–Crippen LogP) is -1.56. The van der Waals surface area contributed by atoms with Gasteiger partial charge in [0.25, 0.3) is 0 Å². The Morgan fingerprint density at radius 2 is 2.38 bits per heavy atom. The van der Waals surface area contributed by atoms with Gasteiger partial charge >= 0.3 is 5.97 Å². The number of carboxylic acids is 1. The summed E-state index contributed by atoms with van der Waals surface area (Å²) in [5, 5.41) is 22.0. The Labute approximate surface area is 120 Å². The van der Waals surface area contributed by atoms with E-state index in [0.29, 0.717) is 26.2 Å². The highest BCUT2D eigenvalue weighted by Gasteiger charge is 2.28. The Balaban J connectivity index is 1.77. The van der Waals surface area contributed by atoms with Gasteiger partial charge in [-0.15, -0.1) is 5.10 Å². The molecular formula is C11H17N5O5. The summed E-state index contributed by atoms with van der Waals surface area (Å²) >= 11 is 0. The van der Waals surface area contributed by atoms with Crippen molar-refractivity contribution >= 4 is 11.9 Å². The summed E-state index contributed by atoms with van der Waals surface area (Å²) in [6, 6.07) is -0.348. The summed E-state index contributed by atoms with van der Waals surface area (Å²) in [6.45, 7) is 0.775. The molecule has 10 nitrogen and oxygen atoms in total. The van der Waals surface area contributed by atoms with E-state index in [1.54, 1.807) is 0 Å². The highest BCUT2D eigenvalue weighted by Crippen LogP contribution is 2.12. The van der Waals surface area contributed by atoms with Crippen molar-refractivity contribution in [2.45, 2.75) is 31.5 Å². The van der Waals surface area contributed by atoms with Crippen molar-refractivity contribution in [3.8, 4) is 0 Å². The van der Waals surface area contributed by atoms with Crippen LogP contribution in [0.3, 0.4) is 0 Å². The standard InChI is InChI=1S/C11H17N5O5/c17-10(1-3-16-7-12-14-15-16)13-8-5-20-4-2-9(8)21-6-11(18)19/h7-9H,1-6H2,(H,13,17)(H,18,19)/t8-,9+/m1/s1. The van der Waals surface area contributed by atoms with Crippen molar-refractivity contribution in [3.63, 3.8) is 0 Å². The molecule has 0 radical (unpaired) electrons. The van der Waals surface area contributed by atoms with Crippen LogP contribution < -0.4 is 5.32 Å². The molecule has 0 aromatic carbocycles. The van der Waals surface area contributed by atoms with Gasteiger partial charge in [-0.1, -0.05) is 0 Å². The molecule has 1 aliphatic rings. The van der Waals surface area contributed by atoms with Crippen LogP contribution in [-0.2, 0) is 25.6 Å². The van der Waals surface area contributed by atoms with Crippen LogP contribution in [0, 0.1) is 0 Å². The first-order valence-corrected chi connectivity index (χ1v) is 6.56. The largest absolute Gasteiger partial charge is 0.480 e. The first-order chi connectivity index (χ1) is 10.1. The van der Waals surface area contributed by atoms with Crippen LogP contribution in [0.15, 0.2) is 6.33 Å². The van der Waals surface area contributed by atoms with Gasteiger partial charge in [-0.3, -0.25) is 4.79 Å². The summed E-state index contributed by atoms with van der Waals surface area (Å²) in [6.07, 6.45) is 1.83. The van der Waals surface area contributed by atoms with Crippen molar-refractivity contribution in [1.82, 2.24) is 25.5 Å². The van der Waals surface area contributed by atoms with Crippen LogP contribution in [0.4, 0.5) is 0 Å². The zero-order chi connectivity index (χ0) is 15.1. The maximum absolute atomic E-state index is 11.9. The number of amides is 1. The number of aryl methyl sites for hydroxylation is 1. The molecule has 21 heavy (non-hydrogen) atoms. The normalized spacial score (nSPS) is 21.9. The van der Waals surface area contributed by atoms with Gasteiger partial charge in [-0.05, 0) is 16.8 Å². The molecule has 1 aromatic heterocycles. The van der Waals surface area contributed by atoms with Gasteiger partial charge in [0.15, 0.2) is 0 Å². The second kappa shape index (κ2) is 7.64. The lowest BCUT2D eigenvalue weighted by molar-refractivity contribution is -0.148. The first kappa shape index (κ1) is 15.3. The van der Waals surface area contributed by atoms with Crippen molar-refractivity contribution in [3.05, 3.63) is 6.33 Å². The number of nitrogens with zero attached hydrogens (tertiary/aromatic N) is 4. The number of carbonyl (C=O) groups excluding carboxylic acids is 1. The number of nitrogens with one attached hydrogen (secondary N) is 1. The third-order valence-corrected chi connectivity index (χ3v) is 3.02. The van der Waals surface area contributed by atoms with E-state index in [1.165, 1.54) is 11.0 Å². The van der Waals surface area contributed by atoms with Crippen LogP contribution in [0.2, 0.25) is 0 Å². The van der Waals surface area contributed by atoms with E-state index in [0.717, 1.165) is 0 Å². The molecule has 0 bridgehead atoms. The average Bonchev–Trinajstić information content (AvgIpc) is 2.97. The predicted molar refractivity (Wildman–Crippen MR) is 67.2 cm³/mol. The highest BCUT2D eigenvalue weighted by molar-refractivity contribution is 5.76. The summed E-state index contributed by atoms with van der Waals surface area (Å²) < 4.78 is 12.0. The third kappa shape index (κ3) is 5.08. The van der Waals surface area contributed by atoms with Crippen molar-refractivity contribution in [2.24, 2.45) is 0 Å². The monoisotopic (exact) mass is 299 g/mol. The minimum atomic E-state index is -1.04. The van der Waals surface area contributed by atoms with Crippen LogP contribution in [0.1, 0.15) is 12.8 Å². The van der Waals surface area contributed by atoms with Gasteiger partial charge in [0, 0.05) is 13.0 Å². The summed E-state index contributed by atoms with van der Waals surface area (Å²) in [5.74, 6) is -1.23. The number of hydrogen-bond acceptors (Lipinski definition) is 7. The van der Waals surface area contributed by atoms with Gasteiger partial charge in [0.05, 0.1) is 25.3 Å². The molecular weight excluding hydrogens is 282 g/mol. The molecule has 2 rings (SSSR count). The van der Waals surface area contributed by atoms with Gasteiger partial charge in [0.2, 0.25) is 5.91 Å². The van der Waals surface area contributed by atoms with Crippen LogP contribution in [-0.4, -0.2) is 69.2 Å². The number of carbonyl (C=O) groups is 2. The molecule has 0 spiro atoms. The Hall–Kier alpha value is -2.07. The molecule has 1 saturated heterocycles. The molecule has 10 heteroatoms. The number of tetrazole rings is 1. The minimum Gasteiger partial charge on any atom is -0.480 e. The molecule has 2 N–H and O–H groups in total. The maximum Gasteiger partial charge on any atom is 0.329 e. The highest BCUT2D eigenvalue weighted by atomic mass is 16.5. The van der Waals surface area contributed by atoms with Gasteiger partial charge in [0.1, 0.15) is 12.9 Å². The van der Waals surface area contributed by atoms with Crippen molar-refractivity contribution < 1.29 is 24.2 Å². The van der Waals surface area contributed by atoms with E-state index in [-0.39, 0.29) is 31.1 Å². The zero-order valence-corrected chi connectivity index (χ0v) is 11.3. The molecule has 1 fully saturated rings. The second-order valence-corrected chi connectivity index (χ2v) is 4.60. The number of aromatic nitrogens is 4. The average molecular weight is 299 g/mol. The van der Waals surface area contributed by atoms with E-state index in [4.69, 9.17) is 14.6 Å². The lowest BCUT2D eigenvalue weighted by Crippen LogP contribution is -2.51. The van der Waals surface area contributed by atoms with Crippen LogP contribution in [0.5, 0.6) is 0 Å². The van der Waals surface area contributed by atoms with E-state index in [9.17, 15) is 9.59 Å². The molecule has 0 unspecified atom stereocenters. The minimum absolute atomic E-state index is 0.190. The number of aliphatic carboxylic acids is 1. The lowest BCUT2D eigenvalue weighted by Gasteiger charge is -2.31. The van der Waals surface area contributed by atoms with E-state index >= 15 is 0 Å². The smallest absolute Gasteiger partial charge is 0.329 e. The summed E-state index contributed by atoms with van der Waals surface area (Å²) in [7, 11) is 0. The van der Waals surface area contributed by atoms with Crippen LogP contribution >= 0.6 is 0 Å². The number of carboxylic acid groups (broad SMARTS) is 1. The van der Waals surface area contributed by atoms with Gasteiger partial charge in [-0.2, -0.15) is 0 Å². The number of ether oxygens (including phenoxy) is 2. The Morgan fingerprint density at radius 1 is 1.52 bits per heavy atom. The number of hydrogen-bond donors (Lipinski definition) is 2. The quantitative estimate of drug-likeness (QED) is 0.618. The summed E-state index contributed by atoms with van der Waals surface area (Å²) in [4.78, 5) is 22.4. The lowest BCUT2D eigenvalue weighted by atomic mass is 10.1. The SMILES string of the molecule is O=C(O)CO[C@H]1CCOC[C@H]1NC(=O)CCn1cnnn1. The van der Waals surface area contributed by atoms with E-state index in [2.05, 4.69) is 20.8 Å². The fourth-order valence-electron chi connectivity index (χ4n) is 2.01. The molecule has 1 aliphatic heterocycles. The molecule has 2 heterocycles. The van der Waals surface area contributed by atoms with Crippen molar-refractivity contribution in [2.75, 3.05) is 19.8 Å². The molecule has 116 valence electrons. The molecule has 0 aliphatic carbocycles.